The summed E-state index contributed by atoms with van der Waals surface area (Å²) in [5.41, 5.74) is 5.06. The maximum Gasteiger partial charge on any atom is 0.451 e. The van der Waals surface area contributed by atoms with Crippen LogP contribution in [0.4, 0.5) is 13.2 Å². The lowest BCUT2D eigenvalue weighted by molar-refractivity contribution is -0.145. The summed E-state index contributed by atoms with van der Waals surface area (Å²) in [5, 5.41) is 18.5. The monoisotopic (exact) mass is 237 g/mol. The molecule has 2 atom stereocenters. The van der Waals surface area contributed by atoms with E-state index in [2.05, 4.69) is 9.97 Å². The molecule has 0 radical (unpaired) electrons. The first-order valence-corrected chi connectivity index (χ1v) is 4.31. The van der Waals surface area contributed by atoms with Gasteiger partial charge in [-0.2, -0.15) is 13.2 Å². The number of nitrogens with zero attached hydrogens (tertiary/aromatic N) is 2. The smallest absolute Gasteiger partial charge is 0.389 e. The predicted molar refractivity (Wildman–Crippen MR) is 47.1 cm³/mol. The Bertz CT molecular complexity index is 341. The normalized spacial score (nSPS) is 15.9. The van der Waals surface area contributed by atoms with E-state index in [4.69, 9.17) is 10.8 Å². The number of hydrogen-bond donors (Lipinski definition) is 3. The van der Waals surface area contributed by atoms with E-state index in [1.807, 2.05) is 0 Å². The van der Waals surface area contributed by atoms with Crippen molar-refractivity contribution in [2.24, 2.45) is 5.73 Å². The van der Waals surface area contributed by atoms with Crippen LogP contribution in [0.3, 0.4) is 0 Å². The Balaban J connectivity index is 2.87. The fourth-order valence-electron chi connectivity index (χ4n) is 0.988. The third kappa shape index (κ3) is 2.87. The van der Waals surface area contributed by atoms with Crippen molar-refractivity contribution < 1.29 is 23.4 Å². The maximum absolute atomic E-state index is 12.1. The number of aromatic nitrogens is 2. The number of alkyl halides is 3. The third-order valence-electron chi connectivity index (χ3n) is 1.87. The molecule has 0 amide bonds. The molecule has 0 aliphatic rings. The summed E-state index contributed by atoms with van der Waals surface area (Å²) in [6.45, 7) is -0.220. The Kier molecular flexibility index (Phi) is 3.79. The Morgan fingerprint density at radius 3 is 2.12 bits per heavy atom. The first kappa shape index (κ1) is 12.8. The Morgan fingerprint density at radius 1 is 1.25 bits per heavy atom. The van der Waals surface area contributed by atoms with Gasteiger partial charge in [0.25, 0.3) is 0 Å². The van der Waals surface area contributed by atoms with Gasteiger partial charge in [0.15, 0.2) is 0 Å². The topological polar surface area (TPSA) is 92.3 Å². The van der Waals surface area contributed by atoms with Gasteiger partial charge in [-0.25, -0.2) is 9.97 Å². The molecule has 0 bridgehead atoms. The molecular formula is C8H10F3N3O2. The van der Waals surface area contributed by atoms with Crippen molar-refractivity contribution in [2.75, 3.05) is 6.54 Å². The van der Waals surface area contributed by atoms with Gasteiger partial charge >= 0.3 is 6.18 Å². The molecular weight excluding hydrogens is 227 g/mol. The second-order valence-electron chi connectivity index (χ2n) is 3.09. The van der Waals surface area contributed by atoms with E-state index in [9.17, 15) is 18.3 Å². The van der Waals surface area contributed by atoms with Crippen molar-refractivity contribution in [2.45, 2.75) is 18.4 Å². The van der Waals surface area contributed by atoms with Crippen LogP contribution in [-0.4, -0.2) is 32.8 Å². The van der Waals surface area contributed by atoms with Crippen LogP contribution in [-0.2, 0) is 6.18 Å². The van der Waals surface area contributed by atoms with Crippen molar-refractivity contribution in [1.29, 1.82) is 0 Å². The zero-order valence-electron chi connectivity index (χ0n) is 8.02. The molecule has 5 nitrogen and oxygen atoms in total. The van der Waals surface area contributed by atoms with Crippen LogP contribution < -0.4 is 5.73 Å². The van der Waals surface area contributed by atoms with E-state index in [1.54, 1.807) is 0 Å². The summed E-state index contributed by atoms with van der Waals surface area (Å²) in [6, 6.07) is 0. The molecule has 0 aromatic carbocycles. The van der Waals surface area contributed by atoms with Gasteiger partial charge in [0.05, 0.1) is 6.10 Å². The van der Waals surface area contributed by atoms with Gasteiger partial charge in [0.1, 0.15) is 6.10 Å². The molecule has 0 spiro atoms. The van der Waals surface area contributed by atoms with Crippen molar-refractivity contribution >= 4 is 0 Å². The maximum atomic E-state index is 12.1. The van der Waals surface area contributed by atoms with Gasteiger partial charge in [-0.05, 0) is 0 Å². The van der Waals surface area contributed by atoms with E-state index in [-0.39, 0.29) is 12.1 Å². The van der Waals surface area contributed by atoms with Crippen LogP contribution in [0.2, 0.25) is 0 Å². The third-order valence-corrected chi connectivity index (χ3v) is 1.87. The molecule has 0 fully saturated rings. The van der Waals surface area contributed by atoms with Crippen molar-refractivity contribution in [3.8, 4) is 0 Å². The van der Waals surface area contributed by atoms with Crippen LogP contribution in [0.15, 0.2) is 12.4 Å². The molecule has 90 valence electrons. The summed E-state index contributed by atoms with van der Waals surface area (Å²) in [5.74, 6) is -1.30. The summed E-state index contributed by atoms with van der Waals surface area (Å²) >= 11 is 0. The predicted octanol–water partition coefficient (Wildman–Crippen LogP) is -0.152. The molecule has 1 aromatic rings. The van der Waals surface area contributed by atoms with Crippen LogP contribution in [0, 0.1) is 0 Å². The zero-order chi connectivity index (χ0) is 12.3. The van der Waals surface area contributed by atoms with Gasteiger partial charge in [-0.15, -0.1) is 0 Å². The molecule has 8 heteroatoms. The molecule has 1 aromatic heterocycles. The van der Waals surface area contributed by atoms with E-state index >= 15 is 0 Å². The van der Waals surface area contributed by atoms with Crippen LogP contribution in [0.25, 0.3) is 0 Å². The Hall–Kier alpha value is -1.25. The molecule has 1 rings (SSSR count). The fourth-order valence-corrected chi connectivity index (χ4v) is 0.988. The summed E-state index contributed by atoms with van der Waals surface area (Å²) in [6.07, 6.45) is -5.68. The molecule has 4 N–H and O–H groups in total. The Morgan fingerprint density at radius 2 is 1.75 bits per heavy atom. The van der Waals surface area contributed by atoms with E-state index in [1.165, 1.54) is 0 Å². The minimum Gasteiger partial charge on any atom is -0.389 e. The molecule has 2 unspecified atom stereocenters. The number of rotatable bonds is 3. The first-order chi connectivity index (χ1) is 7.36. The lowest BCUT2D eigenvalue weighted by Gasteiger charge is -2.15. The molecule has 0 saturated heterocycles. The fraction of sp³-hybridized carbons (Fsp3) is 0.500. The van der Waals surface area contributed by atoms with E-state index < -0.39 is 24.2 Å². The zero-order valence-corrected chi connectivity index (χ0v) is 8.02. The second-order valence-corrected chi connectivity index (χ2v) is 3.09. The van der Waals surface area contributed by atoms with Crippen molar-refractivity contribution in [3.63, 3.8) is 0 Å². The molecule has 0 aliphatic carbocycles. The van der Waals surface area contributed by atoms with Crippen LogP contribution in [0.1, 0.15) is 17.5 Å². The van der Waals surface area contributed by atoms with Gasteiger partial charge < -0.3 is 15.9 Å². The lowest BCUT2D eigenvalue weighted by atomic mass is 10.1. The minimum atomic E-state index is -4.63. The lowest BCUT2D eigenvalue weighted by Crippen LogP contribution is -2.27. The largest absolute Gasteiger partial charge is 0.451 e. The van der Waals surface area contributed by atoms with Crippen molar-refractivity contribution in [3.05, 3.63) is 23.8 Å². The summed E-state index contributed by atoms with van der Waals surface area (Å²) in [7, 11) is 0. The quantitative estimate of drug-likeness (QED) is 0.679. The average molecular weight is 237 g/mol. The van der Waals surface area contributed by atoms with E-state index in [0.717, 1.165) is 12.4 Å². The summed E-state index contributed by atoms with van der Waals surface area (Å²) < 4.78 is 36.3. The Labute approximate surface area is 88.8 Å². The minimum absolute atomic E-state index is 0.0223. The number of aliphatic hydroxyl groups excluding tert-OH is 2. The van der Waals surface area contributed by atoms with Crippen LogP contribution in [0.5, 0.6) is 0 Å². The highest BCUT2D eigenvalue weighted by Gasteiger charge is 2.34. The molecule has 1 heterocycles. The standard InChI is InChI=1S/C8H10F3N3O2/c9-8(10,11)7-13-2-4(3-14-7)6(16)5(15)1-12/h2-3,5-6,15-16H,1,12H2. The van der Waals surface area contributed by atoms with Gasteiger partial charge in [-0.1, -0.05) is 0 Å². The van der Waals surface area contributed by atoms with Gasteiger partial charge in [0.2, 0.25) is 5.82 Å². The van der Waals surface area contributed by atoms with Crippen LogP contribution >= 0.6 is 0 Å². The molecule has 0 saturated carbocycles. The van der Waals surface area contributed by atoms with Crippen molar-refractivity contribution in [1.82, 2.24) is 9.97 Å². The molecule has 16 heavy (non-hydrogen) atoms. The number of aliphatic hydroxyl groups is 2. The van der Waals surface area contributed by atoms with E-state index in [0.29, 0.717) is 0 Å². The SMILES string of the molecule is NCC(O)C(O)c1cnc(C(F)(F)F)nc1. The number of hydrogen-bond acceptors (Lipinski definition) is 5. The highest BCUT2D eigenvalue weighted by atomic mass is 19.4. The second kappa shape index (κ2) is 4.73. The summed E-state index contributed by atoms with van der Waals surface area (Å²) in [4.78, 5) is 6.08. The highest BCUT2D eigenvalue weighted by Crippen LogP contribution is 2.26. The highest BCUT2D eigenvalue weighted by molar-refractivity contribution is 5.11. The van der Waals surface area contributed by atoms with Gasteiger partial charge in [-0.3, -0.25) is 0 Å². The van der Waals surface area contributed by atoms with Gasteiger partial charge in [0, 0.05) is 24.5 Å². The molecule has 0 aliphatic heterocycles. The number of halogens is 3. The average Bonchev–Trinajstić information content (AvgIpc) is 2.26. The first-order valence-electron chi connectivity index (χ1n) is 4.31. The number of nitrogens with two attached hydrogens (primary N) is 1.